The van der Waals surface area contributed by atoms with Crippen LogP contribution in [0.3, 0.4) is 0 Å². The summed E-state index contributed by atoms with van der Waals surface area (Å²) in [6.45, 7) is 23.8. The molecule has 3 nitrogen and oxygen atoms in total. The van der Waals surface area contributed by atoms with E-state index in [1.165, 1.54) is 116 Å². The van der Waals surface area contributed by atoms with Gasteiger partial charge in [0, 0.05) is 70.4 Å². The van der Waals surface area contributed by atoms with E-state index in [1.54, 1.807) is 0 Å². The van der Waals surface area contributed by atoms with Crippen LogP contribution in [0.4, 0.5) is 11.4 Å². The lowest BCUT2D eigenvalue weighted by atomic mass is 9.43. The minimum Gasteiger partial charge on any atom is -0.456 e. The molecule has 2 aliphatic heterocycles. The molecule has 5 heterocycles. The molecule has 0 bridgehead atoms. The van der Waals surface area contributed by atoms with Crippen LogP contribution in [0.1, 0.15) is 104 Å². The highest BCUT2D eigenvalue weighted by Gasteiger charge is 2.47. The number of para-hydroxylation sites is 1. The number of hydrogen-bond donors (Lipinski definition) is 0. The van der Waals surface area contributed by atoms with E-state index in [2.05, 4.69) is 194 Å². The molecule has 10 aromatic rings. The molecule has 3 aromatic heterocycles. The molecule has 0 amide bonds. The summed E-state index contributed by atoms with van der Waals surface area (Å²) in [5, 5.41) is 7.82. The van der Waals surface area contributed by atoms with E-state index in [1.807, 2.05) is 11.3 Å². The number of benzene rings is 7. The molecule has 5 heteroatoms. The van der Waals surface area contributed by atoms with Gasteiger partial charge >= 0.3 is 6.85 Å². The molecule has 0 unspecified atom stereocenters. The lowest BCUT2D eigenvalue weighted by Gasteiger charge is -2.43. The van der Waals surface area contributed by atoms with Crippen molar-refractivity contribution in [3.05, 3.63) is 138 Å². The number of nitrogens with zero attached hydrogens (tertiary/aromatic N) is 2. The fourth-order valence-corrected chi connectivity index (χ4v) is 13.2. The molecule has 63 heavy (non-hydrogen) atoms. The Hall–Kier alpha value is -5.78. The monoisotopic (exact) mass is 836 g/mol. The zero-order valence-corrected chi connectivity index (χ0v) is 39.0. The van der Waals surface area contributed by atoms with Gasteiger partial charge < -0.3 is 13.8 Å². The number of anilines is 2. The Labute approximate surface area is 374 Å². The Morgan fingerprint density at radius 1 is 0.603 bits per heavy atom. The van der Waals surface area contributed by atoms with Crippen molar-refractivity contribution in [2.24, 2.45) is 0 Å². The van der Waals surface area contributed by atoms with E-state index in [-0.39, 0.29) is 28.5 Å². The molecular formula is C58H53BN2OS. The normalized spacial score (nSPS) is 16.5. The maximum atomic E-state index is 6.77. The van der Waals surface area contributed by atoms with Gasteiger partial charge in [0.15, 0.2) is 0 Å². The number of fused-ring (bicyclic) bond motifs is 17. The number of rotatable bonds is 1. The van der Waals surface area contributed by atoms with Crippen molar-refractivity contribution in [1.82, 2.24) is 4.57 Å². The van der Waals surface area contributed by atoms with Gasteiger partial charge in [0.25, 0.3) is 0 Å². The topological polar surface area (TPSA) is 21.3 Å². The number of hydrogen-bond acceptors (Lipinski definition) is 3. The molecule has 0 fully saturated rings. The van der Waals surface area contributed by atoms with Crippen molar-refractivity contribution in [2.75, 3.05) is 4.81 Å². The zero-order chi connectivity index (χ0) is 43.3. The van der Waals surface area contributed by atoms with Crippen molar-refractivity contribution in [1.29, 1.82) is 0 Å². The van der Waals surface area contributed by atoms with E-state index in [0.29, 0.717) is 0 Å². The van der Waals surface area contributed by atoms with Gasteiger partial charge in [0.2, 0.25) is 0 Å². The summed E-state index contributed by atoms with van der Waals surface area (Å²) in [4.78, 5) is 2.68. The van der Waals surface area contributed by atoms with Gasteiger partial charge in [-0.3, -0.25) is 0 Å². The standard InChI is InChI=1S/C58H53BN2OS/c1-55(2,3)32-19-22-34(23-20-32)61-45-31-47-37(35-15-11-13-17-46(35)62-47)28-38(45)49-50-36-16-12-14-18-48(36)63-54(50)51-39-29-40-41(58(9,10)26-25-57(40,7)8)30-44(39)60-43-24-21-33(56(4,5)6)27-42(43)59(61)52(49)53(51)60/h11-24,27-31H,25-26H2,1-10H3. The molecule has 0 atom stereocenters. The molecule has 0 saturated carbocycles. The third-order valence-electron chi connectivity index (χ3n) is 15.5. The Morgan fingerprint density at radius 2 is 1.27 bits per heavy atom. The van der Waals surface area contributed by atoms with Crippen LogP contribution in [-0.2, 0) is 21.7 Å². The van der Waals surface area contributed by atoms with Crippen LogP contribution >= 0.6 is 11.3 Å². The summed E-state index contributed by atoms with van der Waals surface area (Å²) in [7, 11) is 0. The van der Waals surface area contributed by atoms with Crippen LogP contribution in [0.25, 0.3) is 80.7 Å². The van der Waals surface area contributed by atoms with Crippen molar-refractivity contribution in [2.45, 2.75) is 104 Å². The summed E-state index contributed by atoms with van der Waals surface area (Å²) >= 11 is 1.98. The molecule has 0 radical (unpaired) electrons. The summed E-state index contributed by atoms with van der Waals surface area (Å²) in [6, 6.07) is 44.7. The highest BCUT2D eigenvalue weighted by atomic mass is 32.1. The maximum Gasteiger partial charge on any atom is 0.333 e. The second-order valence-electron chi connectivity index (χ2n) is 22.4. The first-order valence-electron chi connectivity index (χ1n) is 23.0. The lowest BCUT2D eigenvalue weighted by molar-refractivity contribution is 0.332. The quantitative estimate of drug-likeness (QED) is 0.154. The van der Waals surface area contributed by atoms with Crippen molar-refractivity contribution >= 4 is 104 Å². The predicted molar refractivity (Wildman–Crippen MR) is 273 cm³/mol. The van der Waals surface area contributed by atoms with Gasteiger partial charge in [-0.15, -0.1) is 11.3 Å². The van der Waals surface area contributed by atoms with Crippen molar-refractivity contribution < 1.29 is 4.42 Å². The van der Waals surface area contributed by atoms with Crippen LogP contribution < -0.4 is 15.7 Å². The zero-order valence-electron chi connectivity index (χ0n) is 38.2. The summed E-state index contributed by atoms with van der Waals surface area (Å²) in [5.74, 6) is 0. The van der Waals surface area contributed by atoms with Gasteiger partial charge in [-0.25, -0.2) is 0 Å². The van der Waals surface area contributed by atoms with E-state index in [9.17, 15) is 0 Å². The third kappa shape index (κ3) is 4.98. The van der Waals surface area contributed by atoms with E-state index >= 15 is 0 Å². The van der Waals surface area contributed by atoms with Gasteiger partial charge in [0.1, 0.15) is 11.2 Å². The van der Waals surface area contributed by atoms with E-state index < -0.39 is 0 Å². The minimum absolute atomic E-state index is 0.0332. The molecule has 1 aliphatic carbocycles. The fraction of sp³-hybridized carbons (Fsp3) is 0.276. The number of thiophene rings is 1. The Kier molecular flexibility index (Phi) is 7.23. The second kappa shape index (κ2) is 12.1. The van der Waals surface area contributed by atoms with Crippen LogP contribution in [0.5, 0.6) is 0 Å². The molecule has 0 saturated heterocycles. The van der Waals surface area contributed by atoms with Crippen LogP contribution in [-0.4, -0.2) is 11.4 Å². The minimum atomic E-state index is -0.100. The highest BCUT2D eigenvalue weighted by molar-refractivity contribution is 7.27. The van der Waals surface area contributed by atoms with Gasteiger partial charge in [0.05, 0.1) is 11.0 Å². The number of furan rings is 1. The molecule has 0 N–H and O–H groups in total. The SMILES string of the molecule is CC(C)(C)c1ccc(N2B3c4cc(C(C)(C)C)ccc4-n4c5cc6c(cc5c5c7sc8ccccc8c7c(c3c54)-c3cc4c(cc32)oc2ccccc24)C(C)(C)CCC6(C)C)cc1. The molecule has 13 rings (SSSR count). The van der Waals surface area contributed by atoms with Crippen LogP contribution in [0, 0.1) is 0 Å². The largest absolute Gasteiger partial charge is 0.456 e. The first-order chi connectivity index (χ1) is 30.0. The first-order valence-corrected chi connectivity index (χ1v) is 23.8. The smallest absolute Gasteiger partial charge is 0.333 e. The Balaban J connectivity index is 1.29. The summed E-state index contributed by atoms with van der Waals surface area (Å²) in [6.07, 6.45) is 2.36. The average Bonchev–Trinajstić information content (AvgIpc) is 3.92. The fourth-order valence-electron chi connectivity index (χ4n) is 11.9. The second-order valence-corrected chi connectivity index (χ2v) is 23.4. The predicted octanol–water partition coefficient (Wildman–Crippen LogP) is 15.2. The van der Waals surface area contributed by atoms with Crippen molar-refractivity contribution in [3.8, 4) is 16.8 Å². The Morgan fingerprint density at radius 3 is 2.00 bits per heavy atom. The first kappa shape index (κ1) is 37.8. The van der Waals surface area contributed by atoms with Crippen LogP contribution in [0.2, 0.25) is 0 Å². The van der Waals surface area contributed by atoms with Gasteiger partial charge in [-0.1, -0.05) is 130 Å². The molecule has 7 aromatic carbocycles. The van der Waals surface area contributed by atoms with E-state index in [0.717, 1.165) is 21.9 Å². The molecule has 3 aliphatic rings. The van der Waals surface area contributed by atoms with Crippen LogP contribution in [0.15, 0.2) is 120 Å². The third-order valence-corrected chi connectivity index (χ3v) is 16.7. The number of aromatic nitrogens is 1. The Bertz CT molecular complexity index is 3650. The lowest BCUT2D eigenvalue weighted by Crippen LogP contribution is -2.60. The average molecular weight is 837 g/mol. The summed E-state index contributed by atoms with van der Waals surface area (Å²) in [5.41, 5.74) is 19.4. The van der Waals surface area contributed by atoms with E-state index in [4.69, 9.17) is 4.42 Å². The summed E-state index contributed by atoms with van der Waals surface area (Å²) < 4.78 is 12.2. The molecule has 0 spiro atoms. The molecule has 310 valence electrons. The molecular weight excluding hydrogens is 784 g/mol. The van der Waals surface area contributed by atoms with Gasteiger partial charge in [-0.05, 0) is 122 Å². The maximum absolute atomic E-state index is 6.77. The van der Waals surface area contributed by atoms with Crippen molar-refractivity contribution in [3.63, 3.8) is 0 Å². The van der Waals surface area contributed by atoms with Gasteiger partial charge in [-0.2, -0.15) is 0 Å². The highest BCUT2D eigenvalue weighted by Crippen LogP contribution is 2.55.